The number of nitrogens with one attached hydrogen (secondary N) is 1. The maximum absolute atomic E-state index is 13.1. The van der Waals surface area contributed by atoms with E-state index in [1.807, 2.05) is 77.7 Å². The van der Waals surface area contributed by atoms with E-state index in [1.54, 1.807) is 21.0 Å². The van der Waals surface area contributed by atoms with Gasteiger partial charge in [-0.2, -0.15) is 0 Å². The van der Waals surface area contributed by atoms with Crippen molar-refractivity contribution in [1.29, 1.82) is 0 Å². The number of hydrogen-bond acceptors (Lipinski definition) is 6. The number of methoxy groups -OCH3 is 1. The quantitative estimate of drug-likeness (QED) is 0.115. The number of benzene rings is 5. The third-order valence-corrected chi connectivity index (χ3v) is 9.03. The molecule has 0 spiro atoms. The van der Waals surface area contributed by atoms with Crippen LogP contribution in [0.1, 0.15) is 42.5 Å². The summed E-state index contributed by atoms with van der Waals surface area (Å²) in [4.78, 5) is 27.9. The number of fused-ring (bicyclic) bond motifs is 1. The lowest BCUT2D eigenvalue weighted by Crippen LogP contribution is -2.45. The van der Waals surface area contributed by atoms with Crippen molar-refractivity contribution in [2.45, 2.75) is 51.3 Å². The lowest BCUT2D eigenvalue weighted by Gasteiger charge is -2.28. The van der Waals surface area contributed by atoms with Crippen molar-refractivity contribution in [2.75, 3.05) is 26.9 Å². The van der Waals surface area contributed by atoms with Crippen LogP contribution in [0.5, 0.6) is 17.2 Å². The number of ether oxygens (including phenoxy) is 4. The Morgan fingerprint density at radius 3 is 2.14 bits per heavy atom. The Balaban J connectivity index is 1.05. The average Bonchev–Trinajstić information content (AvgIpc) is 3.48. The SMILES string of the molecule is CCOC(=O)C(C)(Cc1ccc(OCCC2CN(Cc3cc4ccccc4cc3Cc3ccc(OC)cc3)C(=O)N2)cc1)Oc1ccccc1. The summed E-state index contributed by atoms with van der Waals surface area (Å²) < 4.78 is 22.9. The molecule has 2 amide bonds. The number of carbonyl (C=O) groups excluding carboxylic acids is 2. The van der Waals surface area contributed by atoms with E-state index in [0.29, 0.717) is 38.3 Å². The van der Waals surface area contributed by atoms with Crippen molar-refractivity contribution in [3.8, 4) is 17.2 Å². The Bertz CT molecular complexity index is 1890. The smallest absolute Gasteiger partial charge is 0.350 e. The standard InChI is InChI=1S/C42H44N2O6/c1-4-48-40(45)42(2,50-39-12-6-5-7-13-39)27-31-16-20-38(21-17-31)49-23-22-36-29-44(41(46)43-36)28-35-26-33-11-9-8-10-32(33)25-34(35)24-30-14-18-37(47-3)19-15-30/h5-21,25-26,36H,4,22-24,27-29H2,1-3H3,(H,43,46). The van der Waals surface area contributed by atoms with Gasteiger partial charge in [0, 0.05) is 25.9 Å². The van der Waals surface area contributed by atoms with E-state index in [4.69, 9.17) is 18.9 Å². The largest absolute Gasteiger partial charge is 0.497 e. The van der Waals surface area contributed by atoms with E-state index in [9.17, 15) is 9.59 Å². The molecule has 2 atom stereocenters. The molecular formula is C42H44N2O6. The molecular weight excluding hydrogens is 628 g/mol. The molecule has 1 N–H and O–H groups in total. The van der Waals surface area contributed by atoms with Crippen molar-refractivity contribution in [2.24, 2.45) is 0 Å². The Labute approximate surface area is 293 Å². The first-order valence-electron chi connectivity index (χ1n) is 17.1. The highest BCUT2D eigenvalue weighted by atomic mass is 16.6. The van der Waals surface area contributed by atoms with Crippen LogP contribution in [-0.4, -0.2) is 55.4 Å². The Hall–Kier alpha value is -5.50. The zero-order valence-electron chi connectivity index (χ0n) is 28.9. The Kier molecular flexibility index (Phi) is 10.9. The molecule has 8 nitrogen and oxygen atoms in total. The number of esters is 1. The molecule has 1 saturated heterocycles. The van der Waals surface area contributed by atoms with Crippen LogP contribution in [-0.2, 0) is 28.9 Å². The molecule has 0 bridgehead atoms. The third-order valence-electron chi connectivity index (χ3n) is 9.03. The fourth-order valence-corrected chi connectivity index (χ4v) is 6.37. The van der Waals surface area contributed by atoms with E-state index >= 15 is 0 Å². The van der Waals surface area contributed by atoms with Gasteiger partial charge in [0.05, 0.1) is 26.4 Å². The molecule has 0 radical (unpaired) electrons. The monoisotopic (exact) mass is 672 g/mol. The van der Waals surface area contributed by atoms with Gasteiger partial charge < -0.3 is 29.2 Å². The van der Waals surface area contributed by atoms with Crippen molar-refractivity contribution >= 4 is 22.8 Å². The normalized spacial score (nSPS) is 15.3. The highest BCUT2D eigenvalue weighted by Gasteiger charge is 2.38. The molecule has 8 heteroatoms. The van der Waals surface area contributed by atoms with E-state index in [1.165, 1.54) is 16.5 Å². The van der Waals surface area contributed by atoms with Crippen LogP contribution in [0.4, 0.5) is 4.79 Å². The Morgan fingerprint density at radius 2 is 1.46 bits per heavy atom. The lowest BCUT2D eigenvalue weighted by atomic mass is 9.95. The van der Waals surface area contributed by atoms with Crippen LogP contribution < -0.4 is 19.5 Å². The van der Waals surface area contributed by atoms with Crippen molar-refractivity contribution in [1.82, 2.24) is 10.2 Å². The van der Waals surface area contributed by atoms with Gasteiger partial charge in [-0.3, -0.25) is 0 Å². The number of urea groups is 1. The van der Waals surface area contributed by atoms with E-state index in [0.717, 1.165) is 34.4 Å². The minimum atomic E-state index is -1.18. The van der Waals surface area contributed by atoms with Gasteiger partial charge in [-0.15, -0.1) is 0 Å². The number of para-hydroxylation sites is 1. The first kappa shape index (κ1) is 34.4. The summed E-state index contributed by atoms with van der Waals surface area (Å²) in [5.74, 6) is 1.74. The highest BCUT2D eigenvalue weighted by Crippen LogP contribution is 2.27. The molecule has 5 aromatic carbocycles. The molecule has 5 aromatic rings. The maximum Gasteiger partial charge on any atom is 0.350 e. The van der Waals surface area contributed by atoms with Crippen LogP contribution in [0.15, 0.2) is 115 Å². The first-order valence-corrected chi connectivity index (χ1v) is 17.1. The van der Waals surface area contributed by atoms with Gasteiger partial charge in [0.1, 0.15) is 17.2 Å². The van der Waals surface area contributed by atoms with E-state index in [-0.39, 0.29) is 18.7 Å². The molecule has 1 heterocycles. The second kappa shape index (κ2) is 15.8. The van der Waals surface area contributed by atoms with Gasteiger partial charge in [0.2, 0.25) is 5.60 Å². The second-order valence-electron chi connectivity index (χ2n) is 12.8. The number of rotatable bonds is 15. The predicted molar refractivity (Wildman–Crippen MR) is 195 cm³/mol. The zero-order chi connectivity index (χ0) is 34.9. The number of carbonyl (C=O) groups is 2. The molecule has 0 saturated carbocycles. The van der Waals surface area contributed by atoms with Crippen molar-refractivity contribution in [3.05, 3.63) is 138 Å². The van der Waals surface area contributed by atoms with Crippen LogP contribution in [0, 0.1) is 0 Å². The van der Waals surface area contributed by atoms with Crippen LogP contribution in [0.2, 0.25) is 0 Å². The summed E-state index contributed by atoms with van der Waals surface area (Å²) in [6.07, 6.45) is 1.77. The van der Waals surface area contributed by atoms with Crippen LogP contribution in [0.3, 0.4) is 0 Å². The topological polar surface area (TPSA) is 86.3 Å². The van der Waals surface area contributed by atoms with Gasteiger partial charge in [-0.05, 0) is 95.8 Å². The molecule has 258 valence electrons. The summed E-state index contributed by atoms with van der Waals surface area (Å²) in [6.45, 7) is 5.39. The van der Waals surface area contributed by atoms with E-state index in [2.05, 4.69) is 47.8 Å². The fourth-order valence-electron chi connectivity index (χ4n) is 6.37. The van der Waals surface area contributed by atoms with E-state index < -0.39 is 11.6 Å². The summed E-state index contributed by atoms with van der Waals surface area (Å²) in [5, 5.41) is 5.48. The fraction of sp³-hybridized carbons (Fsp3) is 0.286. The molecule has 1 aliphatic heterocycles. The lowest BCUT2D eigenvalue weighted by molar-refractivity contribution is -0.160. The summed E-state index contributed by atoms with van der Waals surface area (Å²) in [6, 6.07) is 37.8. The number of nitrogens with zero attached hydrogens (tertiary/aromatic N) is 1. The molecule has 0 aromatic heterocycles. The van der Waals surface area contributed by atoms with Gasteiger partial charge in [0.15, 0.2) is 0 Å². The first-order chi connectivity index (χ1) is 24.3. The zero-order valence-corrected chi connectivity index (χ0v) is 28.9. The van der Waals surface area contributed by atoms with Gasteiger partial charge in [0.25, 0.3) is 0 Å². The highest BCUT2D eigenvalue weighted by molar-refractivity contribution is 5.84. The summed E-state index contributed by atoms with van der Waals surface area (Å²) >= 11 is 0. The van der Waals surface area contributed by atoms with Gasteiger partial charge >= 0.3 is 12.0 Å². The summed E-state index contributed by atoms with van der Waals surface area (Å²) in [5.41, 5.74) is 3.26. The van der Waals surface area contributed by atoms with Gasteiger partial charge in [-0.25, -0.2) is 9.59 Å². The number of hydrogen-bond donors (Lipinski definition) is 1. The Morgan fingerprint density at radius 1 is 0.820 bits per heavy atom. The molecule has 0 aliphatic carbocycles. The molecule has 1 aliphatic rings. The average molecular weight is 673 g/mol. The van der Waals surface area contributed by atoms with Crippen LogP contribution >= 0.6 is 0 Å². The van der Waals surface area contributed by atoms with Crippen molar-refractivity contribution in [3.63, 3.8) is 0 Å². The third kappa shape index (κ3) is 8.55. The van der Waals surface area contributed by atoms with Crippen molar-refractivity contribution < 1.29 is 28.5 Å². The predicted octanol–water partition coefficient (Wildman–Crippen LogP) is 7.75. The maximum atomic E-state index is 13.1. The summed E-state index contributed by atoms with van der Waals surface area (Å²) in [7, 11) is 1.67. The molecule has 6 rings (SSSR count). The molecule has 2 unspecified atom stereocenters. The minimum absolute atomic E-state index is 0.0207. The molecule has 1 fully saturated rings. The second-order valence-corrected chi connectivity index (χ2v) is 12.8. The number of amides is 2. The van der Waals surface area contributed by atoms with Crippen LogP contribution in [0.25, 0.3) is 10.8 Å². The van der Waals surface area contributed by atoms with Gasteiger partial charge in [-0.1, -0.05) is 72.8 Å². The minimum Gasteiger partial charge on any atom is -0.497 e. The molecule has 50 heavy (non-hydrogen) atoms.